The molecule has 4 aromatic rings. The monoisotopic (exact) mass is 377 g/mol. The Balaban J connectivity index is 1.60. The molecule has 27 heavy (non-hydrogen) atoms. The Bertz CT molecular complexity index is 1100. The van der Waals surface area contributed by atoms with Gasteiger partial charge in [-0.3, -0.25) is 20.1 Å². The zero-order chi connectivity index (χ0) is 18.8. The molecule has 0 bridgehead atoms. The molecule has 4 heterocycles. The van der Waals surface area contributed by atoms with Crippen molar-refractivity contribution >= 4 is 22.4 Å². The summed E-state index contributed by atoms with van der Waals surface area (Å²) in [5.41, 5.74) is 3.77. The van der Waals surface area contributed by atoms with Gasteiger partial charge in [0.15, 0.2) is 11.0 Å². The standard InChI is InChI=1S/C19H15N5O2S/c1-11-4-3-7-21-15(11)14-10-27-19(23-14)24-18(25)17-16(22-12(2)26-17)13-5-8-20-9-6-13/h3-10H,1-2H3,(H,23,24,25). The number of rotatable bonds is 4. The maximum absolute atomic E-state index is 12.7. The smallest absolute Gasteiger partial charge is 0.295 e. The first-order chi connectivity index (χ1) is 13.1. The molecule has 4 aromatic heterocycles. The van der Waals surface area contributed by atoms with Gasteiger partial charge in [0.1, 0.15) is 11.4 Å². The summed E-state index contributed by atoms with van der Waals surface area (Å²) in [5, 5.41) is 5.11. The lowest BCUT2D eigenvalue weighted by Gasteiger charge is -2.02. The Labute approximate surface area is 159 Å². The highest BCUT2D eigenvalue weighted by Crippen LogP contribution is 2.28. The second-order valence-corrected chi connectivity index (χ2v) is 6.67. The minimum atomic E-state index is -0.402. The number of aromatic nitrogens is 4. The van der Waals surface area contributed by atoms with Crippen LogP contribution >= 0.6 is 11.3 Å². The maximum atomic E-state index is 12.7. The van der Waals surface area contributed by atoms with Crippen molar-refractivity contribution in [1.29, 1.82) is 0 Å². The van der Waals surface area contributed by atoms with Crippen LogP contribution in [0, 0.1) is 13.8 Å². The Morgan fingerprint density at radius 2 is 1.89 bits per heavy atom. The molecule has 0 spiro atoms. The fourth-order valence-corrected chi connectivity index (χ4v) is 3.32. The van der Waals surface area contributed by atoms with E-state index in [2.05, 4.69) is 25.3 Å². The molecule has 0 saturated heterocycles. The first-order valence-electron chi connectivity index (χ1n) is 8.18. The third-order valence-corrected chi connectivity index (χ3v) is 4.63. The van der Waals surface area contributed by atoms with Crippen LogP contribution in [0.1, 0.15) is 22.0 Å². The van der Waals surface area contributed by atoms with E-state index >= 15 is 0 Å². The molecule has 0 fully saturated rings. The SMILES string of the molecule is Cc1nc(-c2ccncc2)c(C(=O)Nc2nc(-c3ncccc3C)cs2)o1. The average Bonchev–Trinajstić information content (AvgIpc) is 3.29. The number of carbonyl (C=O) groups is 1. The van der Waals surface area contributed by atoms with Gasteiger partial charge in [-0.2, -0.15) is 0 Å². The summed E-state index contributed by atoms with van der Waals surface area (Å²) in [5.74, 6) is 0.154. The predicted molar refractivity (Wildman–Crippen MR) is 103 cm³/mol. The van der Waals surface area contributed by atoms with Crippen molar-refractivity contribution in [2.45, 2.75) is 13.8 Å². The molecule has 1 N–H and O–H groups in total. The molecular weight excluding hydrogens is 362 g/mol. The highest BCUT2D eigenvalue weighted by molar-refractivity contribution is 7.14. The van der Waals surface area contributed by atoms with Crippen LogP contribution in [0.3, 0.4) is 0 Å². The number of oxazole rings is 1. The van der Waals surface area contributed by atoms with Crippen LogP contribution in [0.4, 0.5) is 5.13 Å². The minimum Gasteiger partial charge on any atom is -0.435 e. The van der Waals surface area contributed by atoms with Gasteiger partial charge in [0.05, 0.1) is 5.69 Å². The maximum Gasteiger partial charge on any atom is 0.295 e. The lowest BCUT2D eigenvalue weighted by Crippen LogP contribution is -2.12. The Morgan fingerprint density at radius 1 is 1.07 bits per heavy atom. The molecule has 0 saturated carbocycles. The summed E-state index contributed by atoms with van der Waals surface area (Å²) in [4.78, 5) is 29.9. The summed E-state index contributed by atoms with van der Waals surface area (Å²) in [7, 11) is 0. The number of thiazole rings is 1. The number of nitrogens with one attached hydrogen (secondary N) is 1. The van der Waals surface area contributed by atoms with Crippen molar-refractivity contribution in [1.82, 2.24) is 19.9 Å². The van der Waals surface area contributed by atoms with Crippen LogP contribution in [0.2, 0.25) is 0 Å². The number of amides is 1. The molecular formula is C19H15N5O2S. The highest BCUT2D eigenvalue weighted by Gasteiger charge is 2.21. The summed E-state index contributed by atoms with van der Waals surface area (Å²) in [6.07, 6.45) is 5.00. The van der Waals surface area contributed by atoms with E-state index in [9.17, 15) is 4.79 Å². The average molecular weight is 377 g/mol. The Morgan fingerprint density at radius 3 is 2.67 bits per heavy atom. The van der Waals surface area contributed by atoms with Gasteiger partial charge < -0.3 is 4.42 Å². The second-order valence-electron chi connectivity index (χ2n) is 5.81. The van der Waals surface area contributed by atoms with E-state index in [4.69, 9.17) is 4.42 Å². The van der Waals surface area contributed by atoms with E-state index in [0.717, 1.165) is 22.5 Å². The Hall–Kier alpha value is -3.39. The van der Waals surface area contributed by atoms with E-state index in [0.29, 0.717) is 16.7 Å². The van der Waals surface area contributed by atoms with E-state index in [1.54, 1.807) is 37.6 Å². The van der Waals surface area contributed by atoms with Crippen LogP contribution in [0.25, 0.3) is 22.6 Å². The van der Waals surface area contributed by atoms with Crippen molar-refractivity contribution in [3.63, 3.8) is 0 Å². The molecule has 0 aliphatic carbocycles. The number of nitrogens with zero attached hydrogens (tertiary/aromatic N) is 4. The van der Waals surface area contributed by atoms with Crippen LogP contribution in [0.5, 0.6) is 0 Å². The van der Waals surface area contributed by atoms with Crippen molar-refractivity contribution < 1.29 is 9.21 Å². The number of anilines is 1. The van der Waals surface area contributed by atoms with Crippen molar-refractivity contribution in [3.05, 3.63) is 65.5 Å². The zero-order valence-corrected chi connectivity index (χ0v) is 15.4. The lowest BCUT2D eigenvalue weighted by atomic mass is 10.1. The van der Waals surface area contributed by atoms with Crippen molar-refractivity contribution in [2.75, 3.05) is 5.32 Å². The van der Waals surface area contributed by atoms with E-state index in [1.807, 2.05) is 24.4 Å². The van der Waals surface area contributed by atoms with E-state index in [1.165, 1.54) is 11.3 Å². The van der Waals surface area contributed by atoms with Gasteiger partial charge in [-0.15, -0.1) is 11.3 Å². The highest BCUT2D eigenvalue weighted by atomic mass is 32.1. The molecule has 0 atom stereocenters. The lowest BCUT2D eigenvalue weighted by molar-refractivity contribution is 0.0996. The normalized spacial score (nSPS) is 10.7. The van der Waals surface area contributed by atoms with E-state index < -0.39 is 5.91 Å². The van der Waals surface area contributed by atoms with Crippen LogP contribution < -0.4 is 5.32 Å². The molecule has 0 radical (unpaired) electrons. The van der Waals surface area contributed by atoms with Gasteiger partial charge >= 0.3 is 0 Å². The number of hydrogen-bond acceptors (Lipinski definition) is 7. The topological polar surface area (TPSA) is 93.8 Å². The first-order valence-corrected chi connectivity index (χ1v) is 9.06. The number of hydrogen-bond donors (Lipinski definition) is 1. The second kappa shape index (κ2) is 7.08. The third kappa shape index (κ3) is 3.47. The van der Waals surface area contributed by atoms with Crippen LogP contribution in [0.15, 0.2) is 52.7 Å². The number of aryl methyl sites for hydroxylation is 2. The van der Waals surface area contributed by atoms with E-state index in [-0.39, 0.29) is 5.76 Å². The minimum absolute atomic E-state index is 0.143. The van der Waals surface area contributed by atoms with Gasteiger partial charge in [0.2, 0.25) is 5.76 Å². The van der Waals surface area contributed by atoms with Gasteiger partial charge in [-0.05, 0) is 30.7 Å². The molecule has 4 rings (SSSR count). The fourth-order valence-electron chi connectivity index (χ4n) is 2.63. The predicted octanol–water partition coefficient (Wildman–Crippen LogP) is 4.12. The number of pyridine rings is 2. The first kappa shape index (κ1) is 17.0. The quantitative estimate of drug-likeness (QED) is 0.575. The van der Waals surface area contributed by atoms with Gasteiger partial charge in [0.25, 0.3) is 5.91 Å². The summed E-state index contributed by atoms with van der Waals surface area (Å²) in [6.45, 7) is 3.67. The van der Waals surface area contributed by atoms with Gasteiger partial charge in [-0.25, -0.2) is 9.97 Å². The number of carbonyl (C=O) groups excluding carboxylic acids is 1. The largest absolute Gasteiger partial charge is 0.435 e. The Kier molecular flexibility index (Phi) is 4.47. The summed E-state index contributed by atoms with van der Waals surface area (Å²) >= 11 is 1.33. The van der Waals surface area contributed by atoms with Gasteiger partial charge in [0, 0.05) is 36.5 Å². The molecule has 0 aliphatic rings. The molecule has 7 nitrogen and oxygen atoms in total. The molecule has 134 valence electrons. The fraction of sp³-hybridized carbons (Fsp3) is 0.105. The van der Waals surface area contributed by atoms with Crippen molar-refractivity contribution in [3.8, 4) is 22.6 Å². The zero-order valence-electron chi connectivity index (χ0n) is 14.6. The molecule has 8 heteroatoms. The third-order valence-electron chi connectivity index (χ3n) is 3.87. The summed E-state index contributed by atoms with van der Waals surface area (Å²) < 4.78 is 5.53. The van der Waals surface area contributed by atoms with Crippen LogP contribution in [-0.2, 0) is 0 Å². The molecule has 0 aliphatic heterocycles. The van der Waals surface area contributed by atoms with Crippen LogP contribution in [-0.4, -0.2) is 25.8 Å². The molecule has 0 aromatic carbocycles. The molecule has 1 amide bonds. The summed E-state index contributed by atoms with van der Waals surface area (Å²) in [6, 6.07) is 7.40. The van der Waals surface area contributed by atoms with Gasteiger partial charge in [-0.1, -0.05) is 6.07 Å². The molecule has 0 unspecified atom stereocenters. The van der Waals surface area contributed by atoms with Crippen molar-refractivity contribution in [2.24, 2.45) is 0 Å².